The zero-order valence-electron chi connectivity index (χ0n) is 16.8. The average Bonchev–Trinajstić information content (AvgIpc) is 3.19. The van der Waals surface area contributed by atoms with Crippen molar-refractivity contribution in [3.05, 3.63) is 81.0 Å². The van der Waals surface area contributed by atoms with Crippen LogP contribution in [-0.4, -0.2) is 58.1 Å². The van der Waals surface area contributed by atoms with Gasteiger partial charge in [0.25, 0.3) is 0 Å². The van der Waals surface area contributed by atoms with E-state index in [2.05, 4.69) is 0 Å². The number of carbonyl (C=O) groups excluding carboxylic acids is 2. The van der Waals surface area contributed by atoms with Crippen molar-refractivity contribution in [3.8, 4) is 0 Å². The Morgan fingerprint density at radius 3 is 2.48 bits per heavy atom. The Kier molecular flexibility index (Phi) is 6.56. The maximum Gasteiger partial charge on any atom is 0.312 e. The van der Waals surface area contributed by atoms with Gasteiger partial charge in [-0.15, -0.1) is 11.3 Å². The molecule has 4 rings (SSSR count). The predicted octanol–water partition coefficient (Wildman–Crippen LogP) is 3.89. The lowest BCUT2D eigenvalue weighted by Gasteiger charge is -2.33. The third-order valence-electron chi connectivity index (χ3n) is 5.17. The van der Waals surface area contributed by atoms with Crippen LogP contribution in [0, 0.1) is 0 Å². The van der Waals surface area contributed by atoms with Gasteiger partial charge in [0.2, 0.25) is 0 Å². The number of allylic oxidation sites excluding steroid dienone is 2. The first-order chi connectivity index (χ1) is 15.0. The summed E-state index contributed by atoms with van der Waals surface area (Å²) in [5.41, 5.74) is 2.55. The summed E-state index contributed by atoms with van der Waals surface area (Å²) < 4.78 is 0.716. The van der Waals surface area contributed by atoms with Gasteiger partial charge >= 0.3 is 11.8 Å². The van der Waals surface area contributed by atoms with Crippen LogP contribution in [0.5, 0.6) is 0 Å². The van der Waals surface area contributed by atoms with Crippen LogP contribution in [-0.2, 0) is 16.1 Å². The molecule has 6 nitrogen and oxygen atoms in total. The summed E-state index contributed by atoms with van der Waals surface area (Å²) in [6.45, 7) is 2.21. The van der Waals surface area contributed by atoms with Crippen molar-refractivity contribution in [2.24, 2.45) is 0 Å². The van der Waals surface area contributed by atoms with Gasteiger partial charge in [0, 0.05) is 36.6 Å². The smallest absolute Gasteiger partial charge is 0.312 e. The normalized spacial score (nSPS) is 17.1. The SMILES string of the molecule is O=C1C(=O)N(Cc2ccc(C3=CC=CCN3O)cc2)CCN1CC=Cc1ccc(Cl)s1. The maximum atomic E-state index is 12.6. The van der Waals surface area contributed by atoms with Crippen molar-refractivity contribution < 1.29 is 14.8 Å². The molecule has 1 N–H and O–H groups in total. The molecule has 1 saturated heterocycles. The number of carbonyl (C=O) groups is 2. The van der Waals surface area contributed by atoms with Crippen LogP contribution in [0.4, 0.5) is 0 Å². The van der Waals surface area contributed by atoms with Crippen molar-refractivity contribution in [2.45, 2.75) is 6.54 Å². The van der Waals surface area contributed by atoms with Gasteiger partial charge in [0.05, 0.1) is 16.6 Å². The Bertz CT molecular complexity index is 1060. The molecule has 2 amide bonds. The molecule has 0 spiro atoms. The lowest BCUT2D eigenvalue weighted by Crippen LogP contribution is -2.53. The fraction of sp³-hybridized carbons (Fsp3) is 0.217. The quantitative estimate of drug-likeness (QED) is 0.671. The largest absolute Gasteiger partial charge is 0.329 e. The molecule has 1 aromatic heterocycles. The molecule has 0 radical (unpaired) electrons. The maximum absolute atomic E-state index is 12.6. The minimum atomic E-state index is -0.482. The summed E-state index contributed by atoms with van der Waals surface area (Å²) in [7, 11) is 0. The molecule has 31 heavy (non-hydrogen) atoms. The molecule has 3 heterocycles. The summed E-state index contributed by atoms with van der Waals surface area (Å²) in [4.78, 5) is 29.2. The van der Waals surface area contributed by atoms with Crippen LogP contribution in [0.25, 0.3) is 11.8 Å². The van der Waals surface area contributed by atoms with E-state index in [1.54, 1.807) is 9.80 Å². The van der Waals surface area contributed by atoms with Gasteiger partial charge in [0.15, 0.2) is 0 Å². The highest BCUT2D eigenvalue weighted by atomic mass is 35.5. The monoisotopic (exact) mass is 455 g/mol. The number of halogens is 1. The molecule has 0 saturated carbocycles. The molecular weight excluding hydrogens is 434 g/mol. The number of hydrogen-bond acceptors (Lipinski definition) is 5. The summed E-state index contributed by atoms with van der Waals surface area (Å²) in [6.07, 6.45) is 9.41. The highest BCUT2D eigenvalue weighted by molar-refractivity contribution is 7.16. The average molecular weight is 456 g/mol. The zero-order valence-corrected chi connectivity index (χ0v) is 18.4. The standard InChI is InChI=1S/C23H22ClN3O3S/c24-21-11-10-19(31-21)4-3-12-25-14-15-26(23(29)22(25)28)16-17-6-8-18(9-7-17)20-5-1-2-13-27(20)30/h1-11,30H,12-16H2. The van der Waals surface area contributed by atoms with Crippen LogP contribution in [0.1, 0.15) is 16.0 Å². The molecular formula is C23H22ClN3O3S. The Morgan fingerprint density at radius 1 is 1.03 bits per heavy atom. The minimum Gasteiger partial charge on any atom is -0.329 e. The Labute approximate surface area is 189 Å². The van der Waals surface area contributed by atoms with E-state index in [0.717, 1.165) is 21.7 Å². The molecule has 2 aliphatic heterocycles. The van der Waals surface area contributed by atoms with Crippen molar-refractivity contribution in [3.63, 3.8) is 0 Å². The number of rotatable bonds is 6. The number of hydroxylamine groups is 2. The van der Waals surface area contributed by atoms with Gasteiger partial charge in [-0.25, -0.2) is 0 Å². The van der Waals surface area contributed by atoms with Crippen molar-refractivity contribution in [1.82, 2.24) is 14.9 Å². The highest BCUT2D eigenvalue weighted by Gasteiger charge is 2.31. The van der Waals surface area contributed by atoms with Gasteiger partial charge in [-0.05, 0) is 29.8 Å². The summed E-state index contributed by atoms with van der Waals surface area (Å²) in [5.74, 6) is -0.962. The van der Waals surface area contributed by atoms with E-state index in [0.29, 0.717) is 37.1 Å². The third kappa shape index (κ3) is 5.07. The first-order valence-electron chi connectivity index (χ1n) is 9.94. The molecule has 0 bridgehead atoms. The van der Waals surface area contributed by atoms with E-state index in [1.807, 2.05) is 66.8 Å². The Balaban J connectivity index is 1.33. The molecule has 1 aromatic carbocycles. The number of hydrogen-bond donors (Lipinski definition) is 1. The van der Waals surface area contributed by atoms with E-state index < -0.39 is 11.8 Å². The van der Waals surface area contributed by atoms with Crippen LogP contribution < -0.4 is 0 Å². The van der Waals surface area contributed by atoms with Crippen molar-refractivity contribution in [2.75, 3.05) is 26.2 Å². The summed E-state index contributed by atoms with van der Waals surface area (Å²) in [6, 6.07) is 11.4. The topological polar surface area (TPSA) is 64.1 Å². The van der Waals surface area contributed by atoms with Gasteiger partial charge in [0.1, 0.15) is 0 Å². The molecule has 0 aliphatic carbocycles. The molecule has 160 valence electrons. The molecule has 2 aromatic rings. The van der Waals surface area contributed by atoms with Crippen molar-refractivity contribution >= 4 is 46.5 Å². The van der Waals surface area contributed by atoms with Gasteiger partial charge < -0.3 is 9.80 Å². The fourth-order valence-electron chi connectivity index (χ4n) is 3.50. The van der Waals surface area contributed by atoms with Gasteiger partial charge in [-0.2, -0.15) is 0 Å². The zero-order chi connectivity index (χ0) is 21.8. The lowest BCUT2D eigenvalue weighted by atomic mass is 10.1. The Morgan fingerprint density at radius 2 is 1.77 bits per heavy atom. The number of piperazine rings is 1. The second kappa shape index (κ2) is 9.51. The molecule has 0 atom stereocenters. The molecule has 8 heteroatoms. The van der Waals surface area contributed by atoms with E-state index in [9.17, 15) is 14.8 Å². The summed E-state index contributed by atoms with van der Waals surface area (Å²) >= 11 is 7.38. The minimum absolute atomic E-state index is 0.379. The number of amides is 2. The third-order valence-corrected chi connectivity index (χ3v) is 6.37. The molecule has 2 aliphatic rings. The first kappa shape index (κ1) is 21.4. The second-order valence-electron chi connectivity index (χ2n) is 7.28. The lowest BCUT2D eigenvalue weighted by molar-refractivity contribution is -0.156. The van der Waals surface area contributed by atoms with E-state index in [4.69, 9.17) is 11.6 Å². The highest BCUT2D eigenvalue weighted by Crippen LogP contribution is 2.23. The number of thiophene rings is 1. The van der Waals surface area contributed by atoms with Gasteiger partial charge in [-0.3, -0.25) is 19.9 Å². The summed E-state index contributed by atoms with van der Waals surface area (Å²) in [5, 5.41) is 11.2. The van der Waals surface area contributed by atoms with Crippen molar-refractivity contribution in [1.29, 1.82) is 0 Å². The van der Waals surface area contributed by atoms with Gasteiger partial charge in [-0.1, -0.05) is 54.1 Å². The van der Waals surface area contributed by atoms with Crippen LogP contribution in [0.3, 0.4) is 0 Å². The molecule has 0 unspecified atom stereocenters. The van der Waals surface area contributed by atoms with E-state index >= 15 is 0 Å². The molecule has 1 fully saturated rings. The van der Waals surface area contributed by atoms with Crippen LogP contribution in [0.2, 0.25) is 4.34 Å². The Hall–Kier alpha value is -2.87. The fourth-order valence-corrected chi connectivity index (χ4v) is 4.50. The predicted molar refractivity (Wildman–Crippen MR) is 122 cm³/mol. The van der Waals surface area contributed by atoms with E-state index in [-0.39, 0.29) is 0 Å². The van der Waals surface area contributed by atoms with Crippen LogP contribution in [0.15, 0.2) is 60.7 Å². The number of benzene rings is 1. The van der Waals surface area contributed by atoms with E-state index in [1.165, 1.54) is 16.4 Å². The second-order valence-corrected chi connectivity index (χ2v) is 9.03. The van der Waals surface area contributed by atoms with Crippen LogP contribution >= 0.6 is 22.9 Å². The number of nitrogens with zero attached hydrogens (tertiary/aromatic N) is 3. The first-order valence-corrected chi connectivity index (χ1v) is 11.1.